The summed E-state index contributed by atoms with van der Waals surface area (Å²) in [5.41, 5.74) is 0.0744. The Bertz CT molecular complexity index is 466. The molecule has 0 radical (unpaired) electrons. The molecule has 0 aliphatic carbocycles. The number of fused-ring (bicyclic) bond motifs is 1. The van der Waals surface area contributed by atoms with Crippen molar-refractivity contribution >= 4 is 34.9 Å². The van der Waals surface area contributed by atoms with Crippen molar-refractivity contribution in [2.24, 2.45) is 0 Å². The molecule has 78 valence electrons. The number of carbonyl (C=O) groups excluding carboxylic acids is 2. The molecule has 0 spiro atoms. The third kappa shape index (κ3) is 1.75. The third-order valence-electron chi connectivity index (χ3n) is 1.89. The maximum absolute atomic E-state index is 11.0. The van der Waals surface area contributed by atoms with Crippen molar-refractivity contribution in [3.05, 3.63) is 34.9 Å². The molecule has 0 bridgehead atoms. The molecule has 1 aromatic rings. The number of carboxylic acid groups (broad SMARTS) is 1. The number of carbonyl (C=O) groups is 3. The van der Waals surface area contributed by atoms with E-state index in [0.29, 0.717) is 0 Å². The molecule has 1 aliphatic rings. The van der Waals surface area contributed by atoms with Crippen molar-refractivity contribution in [3.63, 3.8) is 0 Å². The number of aromatic carboxylic acids is 1. The summed E-state index contributed by atoms with van der Waals surface area (Å²) < 4.78 is 4.30. The maximum Gasteiger partial charge on any atom is 0.346 e. The van der Waals surface area contributed by atoms with Gasteiger partial charge in [0.25, 0.3) is 0 Å². The van der Waals surface area contributed by atoms with Crippen LogP contribution in [-0.4, -0.2) is 23.0 Å². The monoisotopic (exact) mass is 272 g/mol. The van der Waals surface area contributed by atoms with Gasteiger partial charge in [0, 0.05) is 0 Å². The number of rotatable bonds is 1. The van der Waals surface area contributed by atoms with Gasteiger partial charge in [-0.05, 0) is 18.2 Å². The molecule has 1 aromatic carbocycles. The third-order valence-corrected chi connectivity index (χ3v) is 1.89. The fourth-order valence-corrected chi connectivity index (χ4v) is 1.22. The lowest BCUT2D eigenvalue weighted by Crippen LogP contribution is -2.00. The molecule has 0 atom stereocenters. The van der Waals surface area contributed by atoms with Gasteiger partial charge in [-0.3, -0.25) is 0 Å². The van der Waals surface area contributed by atoms with E-state index in [1.54, 1.807) is 0 Å². The predicted octanol–water partition coefficient (Wildman–Crippen LogP) is 1.27. The Labute approximate surface area is 94.4 Å². The number of hydrogen-bond acceptors (Lipinski definition) is 4. The van der Waals surface area contributed by atoms with Crippen molar-refractivity contribution in [1.29, 1.82) is 0 Å². The molecular formula is C9H5BrO5. The van der Waals surface area contributed by atoms with E-state index in [-0.39, 0.29) is 33.7 Å². The summed E-state index contributed by atoms with van der Waals surface area (Å²) in [6.07, 6.45) is 0. The first-order chi connectivity index (χ1) is 6.59. The van der Waals surface area contributed by atoms with Gasteiger partial charge >= 0.3 is 17.9 Å². The smallest absolute Gasteiger partial charge is 0.346 e. The van der Waals surface area contributed by atoms with Gasteiger partial charge in [-0.15, -0.1) is 17.0 Å². The second-order valence-electron chi connectivity index (χ2n) is 2.74. The second kappa shape index (κ2) is 3.82. The molecule has 1 heterocycles. The minimum Gasteiger partial charge on any atom is -0.478 e. The van der Waals surface area contributed by atoms with Crippen LogP contribution in [0.5, 0.6) is 0 Å². The molecule has 1 N–H and O–H groups in total. The van der Waals surface area contributed by atoms with E-state index >= 15 is 0 Å². The summed E-state index contributed by atoms with van der Waals surface area (Å²) in [6.45, 7) is 0. The number of esters is 2. The molecule has 0 fully saturated rings. The van der Waals surface area contributed by atoms with Crippen LogP contribution in [0, 0.1) is 0 Å². The highest BCUT2D eigenvalue weighted by Crippen LogP contribution is 2.20. The zero-order valence-corrected chi connectivity index (χ0v) is 8.93. The molecule has 0 saturated carbocycles. The number of cyclic esters (lactones) is 2. The van der Waals surface area contributed by atoms with Gasteiger partial charge in [0.2, 0.25) is 0 Å². The topological polar surface area (TPSA) is 80.7 Å². The van der Waals surface area contributed by atoms with Crippen LogP contribution in [0.25, 0.3) is 0 Å². The summed E-state index contributed by atoms with van der Waals surface area (Å²) in [5, 5.41) is 8.63. The Morgan fingerprint density at radius 1 is 1.13 bits per heavy atom. The van der Waals surface area contributed by atoms with Crippen molar-refractivity contribution < 1.29 is 24.2 Å². The van der Waals surface area contributed by atoms with Crippen LogP contribution < -0.4 is 0 Å². The zero-order chi connectivity index (χ0) is 10.3. The average Bonchev–Trinajstić information content (AvgIpc) is 2.42. The molecular weight excluding hydrogens is 268 g/mol. The molecule has 0 amide bonds. The van der Waals surface area contributed by atoms with E-state index in [9.17, 15) is 14.4 Å². The summed E-state index contributed by atoms with van der Waals surface area (Å²) in [6, 6.07) is 3.65. The number of benzene rings is 1. The normalized spacial score (nSPS) is 12.8. The fourth-order valence-electron chi connectivity index (χ4n) is 1.22. The van der Waals surface area contributed by atoms with Crippen molar-refractivity contribution in [2.75, 3.05) is 0 Å². The van der Waals surface area contributed by atoms with E-state index in [4.69, 9.17) is 5.11 Å². The minimum absolute atomic E-state index is 0. The first kappa shape index (κ1) is 11.4. The lowest BCUT2D eigenvalue weighted by molar-refractivity contribution is 0.0443. The molecule has 0 aromatic heterocycles. The summed E-state index contributed by atoms with van der Waals surface area (Å²) in [5.74, 6) is -2.69. The highest BCUT2D eigenvalue weighted by atomic mass is 79.9. The average molecular weight is 273 g/mol. The van der Waals surface area contributed by atoms with Crippen molar-refractivity contribution in [2.45, 2.75) is 0 Å². The number of ether oxygens (including phenoxy) is 1. The van der Waals surface area contributed by atoms with Crippen LogP contribution in [0.2, 0.25) is 0 Å². The maximum atomic E-state index is 11.0. The van der Waals surface area contributed by atoms with Gasteiger partial charge in [-0.25, -0.2) is 14.4 Å². The quantitative estimate of drug-likeness (QED) is 0.615. The van der Waals surface area contributed by atoms with E-state index in [1.165, 1.54) is 12.1 Å². The SMILES string of the molecule is Br.O=C(O)c1ccc2c(c1)C(=O)OC2=O. The number of hydrogen-bond donors (Lipinski definition) is 1. The Kier molecular flexibility index (Phi) is 2.90. The predicted molar refractivity (Wildman–Crippen MR) is 53.5 cm³/mol. The summed E-state index contributed by atoms with van der Waals surface area (Å²) in [7, 11) is 0. The first-order valence-electron chi connectivity index (χ1n) is 3.73. The van der Waals surface area contributed by atoms with Crippen LogP contribution in [0.4, 0.5) is 0 Å². The van der Waals surface area contributed by atoms with Gasteiger partial charge in [-0.2, -0.15) is 0 Å². The highest BCUT2D eigenvalue weighted by molar-refractivity contribution is 8.93. The van der Waals surface area contributed by atoms with Gasteiger partial charge in [-0.1, -0.05) is 0 Å². The van der Waals surface area contributed by atoms with E-state index in [1.807, 2.05) is 0 Å². The minimum atomic E-state index is -1.15. The number of halogens is 1. The van der Waals surface area contributed by atoms with Gasteiger partial charge < -0.3 is 9.84 Å². The highest BCUT2D eigenvalue weighted by Gasteiger charge is 2.30. The molecule has 6 heteroatoms. The van der Waals surface area contributed by atoms with Gasteiger partial charge in [0.1, 0.15) is 0 Å². The van der Waals surface area contributed by atoms with Gasteiger partial charge in [0.15, 0.2) is 0 Å². The Hall–Kier alpha value is -1.69. The standard InChI is InChI=1S/C9H4O5.BrH/c10-7(11)4-1-2-5-6(3-4)9(13)14-8(5)12;/h1-3H,(H,10,11);1H. The van der Waals surface area contributed by atoms with Crippen molar-refractivity contribution in [1.82, 2.24) is 0 Å². The lowest BCUT2D eigenvalue weighted by Gasteiger charge is -1.94. The molecule has 15 heavy (non-hydrogen) atoms. The molecule has 5 nitrogen and oxygen atoms in total. The molecule has 0 saturated heterocycles. The van der Waals surface area contributed by atoms with Crippen LogP contribution >= 0.6 is 17.0 Å². The lowest BCUT2D eigenvalue weighted by atomic mass is 10.1. The van der Waals surface area contributed by atoms with Crippen LogP contribution in [0.1, 0.15) is 31.1 Å². The van der Waals surface area contributed by atoms with E-state index in [0.717, 1.165) is 6.07 Å². The number of carboxylic acids is 1. The summed E-state index contributed by atoms with van der Waals surface area (Å²) >= 11 is 0. The van der Waals surface area contributed by atoms with Gasteiger partial charge in [0.05, 0.1) is 16.7 Å². The van der Waals surface area contributed by atoms with Crippen LogP contribution in [-0.2, 0) is 4.74 Å². The largest absolute Gasteiger partial charge is 0.478 e. The Morgan fingerprint density at radius 3 is 2.33 bits per heavy atom. The molecule has 2 rings (SSSR count). The summed E-state index contributed by atoms with van der Waals surface area (Å²) in [4.78, 5) is 32.5. The zero-order valence-electron chi connectivity index (χ0n) is 7.22. The second-order valence-corrected chi connectivity index (χ2v) is 2.74. The molecule has 1 aliphatic heterocycles. The fraction of sp³-hybridized carbons (Fsp3) is 0. The van der Waals surface area contributed by atoms with Crippen LogP contribution in [0.15, 0.2) is 18.2 Å². The Balaban J connectivity index is 0.00000112. The first-order valence-corrected chi connectivity index (χ1v) is 3.73. The van der Waals surface area contributed by atoms with Crippen LogP contribution in [0.3, 0.4) is 0 Å². The van der Waals surface area contributed by atoms with E-state index in [2.05, 4.69) is 4.74 Å². The molecule has 0 unspecified atom stereocenters. The van der Waals surface area contributed by atoms with Crippen molar-refractivity contribution in [3.8, 4) is 0 Å². The van der Waals surface area contributed by atoms with E-state index < -0.39 is 17.9 Å². The Morgan fingerprint density at radius 2 is 1.73 bits per heavy atom.